The molecule has 4 rings (SSSR count). The Balaban J connectivity index is 1.63. The molecule has 0 spiro atoms. The topological polar surface area (TPSA) is 66.5 Å². The Morgan fingerprint density at radius 1 is 1.00 bits per heavy atom. The lowest BCUT2D eigenvalue weighted by Crippen LogP contribution is -2.29. The number of amides is 1. The van der Waals surface area contributed by atoms with Gasteiger partial charge in [-0.25, -0.2) is 12.8 Å². The Morgan fingerprint density at radius 2 is 1.67 bits per heavy atom. The van der Waals surface area contributed by atoms with E-state index in [1.165, 1.54) is 22.7 Å². The van der Waals surface area contributed by atoms with E-state index in [-0.39, 0.29) is 11.7 Å². The highest BCUT2D eigenvalue weighted by Crippen LogP contribution is 2.31. The van der Waals surface area contributed by atoms with E-state index in [0.29, 0.717) is 24.2 Å². The number of sulfonamides is 1. The number of carbonyl (C=O) groups is 1. The van der Waals surface area contributed by atoms with Gasteiger partial charge in [-0.1, -0.05) is 42.5 Å². The number of hydrogen-bond acceptors (Lipinski definition) is 3. The number of carbonyl (C=O) groups excluding carboxylic acids is 1. The van der Waals surface area contributed by atoms with Crippen LogP contribution in [0.1, 0.15) is 33.1 Å². The van der Waals surface area contributed by atoms with Crippen molar-refractivity contribution >= 4 is 21.6 Å². The van der Waals surface area contributed by atoms with Gasteiger partial charge in [0.2, 0.25) is 10.0 Å². The molecule has 1 aliphatic heterocycles. The summed E-state index contributed by atoms with van der Waals surface area (Å²) in [4.78, 5) is 13.0. The van der Waals surface area contributed by atoms with E-state index >= 15 is 0 Å². The summed E-state index contributed by atoms with van der Waals surface area (Å²) in [6, 6.07) is 20.1. The second-order valence-corrected chi connectivity index (χ2v) is 9.20. The summed E-state index contributed by atoms with van der Waals surface area (Å²) in [6.45, 7) is 0.376. The molecule has 0 saturated heterocycles. The molecule has 3 aromatic rings. The van der Waals surface area contributed by atoms with Crippen LogP contribution in [0.3, 0.4) is 0 Å². The van der Waals surface area contributed by atoms with Gasteiger partial charge in [0.1, 0.15) is 5.82 Å². The first-order valence-electron chi connectivity index (χ1n) is 9.55. The Kier molecular flexibility index (Phi) is 5.30. The number of fused-ring (bicyclic) bond motifs is 1. The third-order valence-electron chi connectivity index (χ3n) is 5.21. The lowest BCUT2D eigenvalue weighted by molar-refractivity contribution is 0.0943. The van der Waals surface area contributed by atoms with E-state index in [4.69, 9.17) is 0 Å². The van der Waals surface area contributed by atoms with Gasteiger partial charge in [0.05, 0.1) is 18.0 Å². The second-order valence-electron chi connectivity index (χ2n) is 7.30. The Bertz CT molecular complexity index is 1180. The average molecular weight is 424 g/mol. The Labute approximate surface area is 175 Å². The second kappa shape index (κ2) is 7.91. The van der Waals surface area contributed by atoms with E-state index in [0.717, 1.165) is 16.7 Å². The molecular weight excluding hydrogens is 403 g/mol. The van der Waals surface area contributed by atoms with Crippen LogP contribution in [0.4, 0.5) is 10.1 Å². The Morgan fingerprint density at radius 3 is 2.33 bits per heavy atom. The standard InChI is InChI=1S/C23H21FN2O3S/c1-30(28,29)26-14-13-18-15-19(9-12-21(18)26)23(27)25-22(16-5-3-2-4-6-16)17-7-10-20(24)11-8-17/h2-12,15,22H,13-14H2,1H3,(H,25,27). The molecule has 1 amide bonds. The van der Waals surface area contributed by atoms with Crippen LogP contribution >= 0.6 is 0 Å². The third kappa shape index (κ3) is 4.07. The fourth-order valence-corrected chi connectivity index (χ4v) is 4.69. The molecule has 0 radical (unpaired) electrons. The van der Waals surface area contributed by atoms with Crippen LogP contribution in [-0.2, 0) is 16.4 Å². The predicted molar refractivity (Wildman–Crippen MR) is 114 cm³/mol. The zero-order chi connectivity index (χ0) is 21.3. The van der Waals surface area contributed by atoms with E-state index in [2.05, 4.69) is 5.32 Å². The summed E-state index contributed by atoms with van der Waals surface area (Å²) in [5.74, 6) is -0.625. The van der Waals surface area contributed by atoms with Gasteiger partial charge >= 0.3 is 0 Å². The molecule has 154 valence electrons. The van der Waals surface area contributed by atoms with Crippen molar-refractivity contribution in [3.05, 3.63) is 101 Å². The number of halogens is 1. The van der Waals surface area contributed by atoms with Crippen molar-refractivity contribution in [1.29, 1.82) is 0 Å². The molecule has 30 heavy (non-hydrogen) atoms. The number of nitrogens with zero attached hydrogens (tertiary/aromatic N) is 1. The molecule has 1 heterocycles. The molecule has 7 heteroatoms. The van der Waals surface area contributed by atoms with Crippen molar-refractivity contribution < 1.29 is 17.6 Å². The normalized spacial score (nSPS) is 14.3. The van der Waals surface area contributed by atoms with Crippen molar-refractivity contribution in [2.75, 3.05) is 17.1 Å². The summed E-state index contributed by atoms with van der Waals surface area (Å²) in [5.41, 5.74) is 3.53. The van der Waals surface area contributed by atoms with Crippen LogP contribution in [0.25, 0.3) is 0 Å². The zero-order valence-electron chi connectivity index (χ0n) is 16.4. The highest BCUT2D eigenvalue weighted by atomic mass is 32.2. The first kappa shape index (κ1) is 20.1. The molecule has 0 fully saturated rings. The lowest BCUT2D eigenvalue weighted by atomic mass is 9.98. The van der Waals surface area contributed by atoms with Crippen LogP contribution < -0.4 is 9.62 Å². The predicted octanol–water partition coefficient (Wildman–Crippen LogP) is 3.67. The van der Waals surface area contributed by atoms with Gasteiger partial charge in [0.15, 0.2) is 0 Å². The first-order chi connectivity index (χ1) is 14.3. The smallest absolute Gasteiger partial charge is 0.252 e. The van der Waals surface area contributed by atoms with Gasteiger partial charge in [-0.15, -0.1) is 0 Å². The highest BCUT2D eigenvalue weighted by Gasteiger charge is 2.27. The largest absolute Gasteiger partial charge is 0.341 e. The van der Waals surface area contributed by atoms with Crippen molar-refractivity contribution in [1.82, 2.24) is 5.32 Å². The molecule has 0 aromatic heterocycles. The van der Waals surface area contributed by atoms with Gasteiger partial charge in [-0.3, -0.25) is 9.10 Å². The average Bonchev–Trinajstić information content (AvgIpc) is 3.17. The number of rotatable bonds is 5. The van der Waals surface area contributed by atoms with Gasteiger partial charge in [0.25, 0.3) is 5.91 Å². The van der Waals surface area contributed by atoms with Crippen LogP contribution in [0.2, 0.25) is 0 Å². The van der Waals surface area contributed by atoms with Gasteiger partial charge < -0.3 is 5.32 Å². The SMILES string of the molecule is CS(=O)(=O)N1CCc2cc(C(=O)NC(c3ccccc3)c3ccc(F)cc3)ccc21. The van der Waals surface area contributed by atoms with Crippen LogP contribution in [-0.4, -0.2) is 27.1 Å². The van der Waals surface area contributed by atoms with Crippen molar-refractivity contribution in [3.8, 4) is 0 Å². The number of hydrogen-bond donors (Lipinski definition) is 1. The molecule has 1 unspecified atom stereocenters. The van der Waals surface area contributed by atoms with E-state index in [1.54, 1.807) is 30.3 Å². The first-order valence-corrected chi connectivity index (χ1v) is 11.4. The fourth-order valence-electron chi connectivity index (χ4n) is 3.73. The minimum absolute atomic E-state index is 0.284. The quantitative estimate of drug-likeness (QED) is 0.680. The molecule has 1 aliphatic rings. The molecule has 0 bridgehead atoms. The van der Waals surface area contributed by atoms with E-state index in [1.807, 2.05) is 30.3 Å². The minimum atomic E-state index is -3.34. The maximum absolute atomic E-state index is 13.4. The zero-order valence-corrected chi connectivity index (χ0v) is 17.2. The number of benzene rings is 3. The molecule has 1 N–H and O–H groups in total. The van der Waals surface area contributed by atoms with E-state index < -0.39 is 16.1 Å². The molecule has 1 atom stereocenters. The molecule has 0 aliphatic carbocycles. The van der Waals surface area contributed by atoms with E-state index in [9.17, 15) is 17.6 Å². The monoisotopic (exact) mass is 424 g/mol. The molecule has 3 aromatic carbocycles. The number of anilines is 1. The summed E-state index contributed by atoms with van der Waals surface area (Å²) in [5, 5.41) is 3.02. The van der Waals surface area contributed by atoms with Crippen molar-refractivity contribution in [2.45, 2.75) is 12.5 Å². The summed E-state index contributed by atoms with van der Waals surface area (Å²) < 4.78 is 38.6. The van der Waals surface area contributed by atoms with Crippen LogP contribution in [0.5, 0.6) is 0 Å². The summed E-state index contributed by atoms with van der Waals surface area (Å²) in [6.07, 6.45) is 1.74. The maximum atomic E-state index is 13.4. The van der Waals surface area contributed by atoms with Crippen molar-refractivity contribution in [2.24, 2.45) is 0 Å². The van der Waals surface area contributed by atoms with Crippen LogP contribution in [0.15, 0.2) is 72.8 Å². The fraction of sp³-hybridized carbons (Fsp3) is 0.174. The van der Waals surface area contributed by atoms with Crippen LogP contribution in [0, 0.1) is 5.82 Å². The van der Waals surface area contributed by atoms with Gasteiger partial charge in [0, 0.05) is 12.1 Å². The highest BCUT2D eigenvalue weighted by molar-refractivity contribution is 7.92. The summed E-state index contributed by atoms with van der Waals surface area (Å²) in [7, 11) is -3.34. The molecule has 0 saturated carbocycles. The lowest BCUT2D eigenvalue weighted by Gasteiger charge is -2.20. The van der Waals surface area contributed by atoms with Crippen molar-refractivity contribution in [3.63, 3.8) is 0 Å². The Hall–Kier alpha value is -3.19. The van der Waals surface area contributed by atoms with Gasteiger partial charge in [-0.2, -0.15) is 0 Å². The number of nitrogens with one attached hydrogen (secondary N) is 1. The molecular formula is C23H21FN2O3S. The maximum Gasteiger partial charge on any atom is 0.252 e. The molecule has 5 nitrogen and oxygen atoms in total. The third-order valence-corrected chi connectivity index (χ3v) is 6.39. The summed E-state index contributed by atoms with van der Waals surface area (Å²) >= 11 is 0. The van der Waals surface area contributed by atoms with Gasteiger partial charge in [-0.05, 0) is 53.4 Å². The minimum Gasteiger partial charge on any atom is -0.341 e.